The monoisotopic (exact) mass is 402 g/mol. The van der Waals surface area contributed by atoms with Crippen LogP contribution < -0.4 is 5.73 Å². The second kappa shape index (κ2) is 9.50. The van der Waals surface area contributed by atoms with Crippen LogP contribution in [0.15, 0.2) is 41.2 Å². The molecule has 0 spiro atoms. The summed E-state index contributed by atoms with van der Waals surface area (Å²) in [6, 6.07) is 6.31. The van der Waals surface area contributed by atoms with Crippen molar-refractivity contribution in [2.24, 2.45) is 0 Å². The summed E-state index contributed by atoms with van der Waals surface area (Å²) in [7, 11) is 1.34. The van der Waals surface area contributed by atoms with Gasteiger partial charge in [0.15, 0.2) is 5.76 Å². The predicted octanol–water partition coefficient (Wildman–Crippen LogP) is 2.66. The first-order chi connectivity index (χ1) is 13.9. The highest BCUT2D eigenvalue weighted by Crippen LogP contribution is 2.42. The van der Waals surface area contributed by atoms with E-state index in [-0.39, 0.29) is 48.0 Å². The van der Waals surface area contributed by atoms with Crippen LogP contribution in [0.3, 0.4) is 0 Å². The van der Waals surface area contributed by atoms with Crippen LogP contribution in [0.5, 0.6) is 0 Å². The van der Waals surface area contributed by atoms with Gasteiger partial charge in [0.25, 0.3) is 5.95 Å². The Hall–Kier alpha value is -3.67. The van der Waals surface area contributed by atoms with Crippen LogP contribution >= 0.6 is 0 Å². The number of aliphatic hydroxyl groups is 1. The van der Waals surface area contributed by atoms with E-state index in [2.05, 4.69) is 0 Å². The van der Waals surface area contributed by atoms with Crippen LogP contribution in [0, 0.1) is 11.3 Å². The predicted molar refractivity (Wildman–Crippen MR) is 101 cm³/mol. The van der Waals surface area contributed by atoms with Crippen molar-refractivity contribution in [1.82, 2.24) is 0 Å². The van der Waals surface area contributed by atoms with Gasteiger partial charge >= 0.3 is 11.9 Å². The second-order valence-corrected chi connectivity index (χ2v) is 5.90. The van der Waals surface area contributed by atoms with E-state index < -0.39 is 23.8 Å². The molecule has 0 aromatic heterocycles. The topological polar surface area (TPSA) is 141 Å². The molecule has 1 aromatic rings. The summed E-state index contributed by atoms with van der Waals surface area (Å²) < 4.78 is 20.5. The lowest BCUT2D eigenvalue weighted by atomic mass is 9.86. The van der Waals surface area contributed by atoms with Crippen molar-refractivity contribution in [3.8, 4) is 6.07 Å². The maximum atomic E-state index is 11.9. The molecule has 0 fully saturated rings. The van der Waals surface area contributed by atoms with Gasteiger partial charge in [-0.25, -0.2) is 4.79 Å². The van der Waals surface area contributed by atoms with Gasteiger partial charge in [-0.2, -0.15) is 5.26 Å². The Morgan fingerprint density at radius 1 is 1.28 bits per heavy atom. The first-order valence-corrected chi connectivity index (χ1v) is 8.88. The summed E-state index contributed by atoms with van der Waals surface area (Å²) in [5, 5.41) is 19.7. The number of carbonyl (C=O) groups is 2. The Morgan fingerprint density at radius 3 is 2.52 bits per heavy atom. The fourth-order valence-corrected chi connectivity index (χ4v) is 2.92. The number of methoxy groups -OCH3 is 1. The highest BCUT2D eigenvalue weighted by atomic mass is 16.6. The number of nitriles is 1. The third kappa shape index (κ3) is 4.60. The number of allylic oxidation sites excluding steroid dienone is 1. The molecule has 1 aliphatic rings. The zero-order valence-electron chi connectivity index (χ0n) is 16.4. The first kappa shape index (κ1) is 21.6. The zero-order chi connectivity index (χ0) is 21.6. The van der Waals surface area contributed by atoms with Crippen LogP contribution in [-0.2, 0) is 23.7 Å². The molecule has 0 saturated carbocycles. The number of aliphatic hydroxyl groups excluding tert-OH is 1. The largest absolute Gasteiger partial charge is 0.497 e. The normalized spacial score (nSPS) is 16.0. The molecule has 1 heterocycles. The number of esters is 2. The third-order valence-corrected chi connectivity index (χ3v) is 4.14. The van der Waals surface area contributed by atoms with E-state index in [0.717, 1.165) is 0 Å². The lowest BCUT2D eigenvalue weighted by Crippen LogP contribution is -2.21. The summed E-state index contributed by atoms with van der Waals surface area (Å²) in [5.74, 6) is -2.59. The fourth-order valence-electron chi connectivity index (χ4n) is 2.92. The van der Waals surface area contributed by atoms with Crippen LogP contribution in [0.2, 0.25) is 0 Å². The number of hydrogen-bond acceptors (Lipinski definition) is 9. The van der Waals surface area contributed by atoms with E-state index in [4.69, 9.17) is 24.7 Å². The number of nitrogen functional groups attached to an aromatic ring is 1. The Labute approximate surface area is 167 Å². The van der Waals surface area contributed by atoms with Crippen LogP contribution in [0.1, 0.15) is 42.1 Å². The van der Waals surface area contributed by atoms with Crippen molar-refractivity contribution < 1.29 is 33.6 Å². The van der Waals surface area contributed by atoms with Crippen molar-refractivity contribution >= 4 is 17.6 Å². The minimum absolute atomic E-state index is 0.00122. The Bertz CT molecular complexity index is 912. The van der Waals surface area contributed by atoms with Gasteiger partial charge in [0.2, 0.25) is 0 Å². The fraction of sp³-hybridized carbons (Fsp3) is 0.350. The zero-order valence-corrected chi connectivity index (χ0v) is 16.4. The van der Waals surface area contributed by atoms with Gasteiger partial charge < -0.3 is 29.8 Å². The average molecular weight is 402 g/mol. The molecule has 3 N–H and O–H groups in total. The minimum atomic E-state index is -0.931. The summed E-state index contributed by atoms with van der Waals surface area (Å²) >= 11 is 0. The molecule has 9 nitrogen and oxygen atoms in total. The van der Waals surface area contributed by atoms with Gasteiger partial charge in [-0.15, -0.1) is 0 Å². The standard InChI is InChI=1S/C20H22N2O7/c1-4-27-16(23)9-15-18(26-3)17(13(10-21)20(25)29-15)12-7-6-11(8-14(12)22)19(24)28-5-2/h6-8,17,25H,4-5,9,22H2,1-3H3. The van der Waals surface area contributed by atoms with Crippen molar-refractivity contribution in [3.63, 3.8) is 0 Å². The SMILES string of the molecule is CCOC(=O)CC1=C(OC)C(c2ccc(C(=O)OCC)cc2N)C(C#N)=C(O)O1. The number of nitrogens with zero attached hydrogens (tertiary/aromatic N) is 1. The molecule has 29 heavy (non-hydrogen) atoms. The molecule has 0 saturated heterocycles. The molecule has 0 bridgehead atoms. The van der Waals surface area contributed by atoms with E-state index in [1.165, 1.54) is 25.3 Å². The lowest BCUT2D eigenvalue weighted by molar-refractivity contribution is -0.143. The van der Waals surface area contributed by atoms with Crippen molar-refractivity contribution in [1.29, 1.82) is 5.26 Å². The second-order valence-electron chi connectivity index (χ2n) is 5.90. The highest BCUT2D eigenvalue weighted by Gasteiger charge is 2.37. The van der Waals surface area contributed by atoms with E-state index in [1.807, 2.05) is 6.07 Å². The van der Waals surface area contributed by atoms with Gasteiger partial charge in [-0.3, -0.25) is 4.79 Å². The molecule has 1 aliphatic heterocycles. The van der Waals surface area contributed by atoms with Gasteiger partial charge in [0.1, 0.15) is 23.8 Å². The Kier molecular flexibility index (Phi) is 7.09. The molecule has 0 radical (unpaired) electrons. The Balaban J connectivity index is 2.54. The average Bonchev–Trinajstić information content (AvgIpc) is 2.68. The summed E-state index contributed by atoms with van der Waals surface area (Å²) in [4.78, 5) is 23.8. The molecular formula is C20H22N2O7. The molecular weight excluding hydrogens is 380 g/mol. The molecule has 1 aromatic carbocycles. The van der Waals surface area contributed by atoms with E-state index in [9.17, 15) is 20.0 Å². The lowest BCUT2D eigenvalue weighted by Gasteiger charge is -2.27. The molecule has 2 rings (SSSR count). The van der Waals surface area contributed by atoms with E-state index >= 15 is 0 Å². The summed E-state index contributed by atoms with van der Waals surface area (Å²) in [6.07, 6.45) is -0.308. The molecule has 1 unspecified atom stereocenters. The highest BCUT2D eigenvalue weighted by molar-refractivity contribution is 5.90. The summed E-state index contributed by atoms with van der Waals surface area (Å²) in [5.41, 5.74) is 6.78. The van der Waals surface area contributed by atoms with Gasteiger partial charge in [0.05, 0.1) is 31.8 Å². The molecule has 9 heteroatoms. The minimum Gasteiger partial charge on any atom is -0.497 e. The van der Waals surface area contributed by atoms with Gasteiger partial charge in [-0.1, -0.05) is 6.07 Å². The number of hydrogen-bond donors (Lipinski definition) is 2. The smallest absolute Gasteiger partial charge is 0.338 e. The maximum absolute atomic E-state index is 11.9. The number of ether oxygens (including phenoxy) is 4. The van der Waals surface area contributed by atoms with Crippen LogP contribution in [0.25, 0.3) is 0 Å². The Morgan fingerprint density at radius 2 is 1.97 bits per heavy atom. The molecule has 154 valence electrons. The van der Waals surface area contributed by atoms with Crippen molar-refractivity contribution in [3.05, 3.63) is 52.4 Å². The van der Waals surface area contributed by atoms with Gasteiger partial charge in [-0.05, 0) is 31.5 Å². The molecule has 0 aliphatic carbocycles. The quantitative estimate of drug-likeness (QED) is 0.520. The number of anilines is 1. The number of carbonyl (C=O) groups excluding carboxylic acids is 2. The number of nitrogens with two attached hydrogens (primary N) is 1. The summed E-state index contributed by atoms with van der Waals surface area (Å²) in [6.45, 7) is 3.73. The van der Waals surface area contributed by atoms with Crippen molar-refractivity contribution in [2.45, 2.75) is 26.2 Å². The van der Waals surface area contributed by atoms with Crippen LogP contribution in [-0.4, -0.2) is 37.4 Å². The van der Waals surface area contributed by atoms with Gasteiger partial charge in [0, 0.05) is 5.69 Å². The van der Waals surface area contributed by atoms with Crippen LogP contribution in [0.4, 0.5) is 5.69 Å². The number of benzene rings is 1. The maximum Gasteiger partial charge on any atom is 0.338 e. The third-order valence-electron chi connectivity index (χ3n) is 4.14. The van der Waals surface area contributed by atoms with E-state index in [0.29, 0.717) is 5.56 Å². The van der Waals surface area contributed by atoms with E-state index in [1.54, 1.807) is 13.8 Å². The van der Waals surface area contributed by atoms with Crippen molar-refractivity contribution in [2.75, 3.05) is 26.1 Å². The molecule has 1 atom stereocenters. The number of rotatable bonds is 7. The first-order valence-electron chi connectivity index (χ1n) is 8.88. The molecule has 0 amide bonds.